The van der Waals surface area contributed by atoms with Gasteiger partial charge in [-0.15, -0.1) is 0 Å². The third-order valence-electron chi connectivity index (χ3n) is 2.64. The monoisotopic (exact) mass is 235 g/mol. The van der Waals surface area contributed by atoms with Crippen molar-refractivity contribution in [3.63, 3.8) is 0 Å². The minimum Gasteiger partial charge on any atom is -0.480 e. The molecule has 4 heteroatoms. The Morgan fingerprint density at radius 2 is 1.82 bits per heavy atom. The van der Waals surface area contributed by atoms with E-state index in [0.717, 1.165) is 5.56 Å². The van der Waals surface area contributed by atoms with Gasteiger partial charge in [0.1, 0.15) is 5.41 Å². The van der Waals surface area contributed by atoms with E-state index in [9.17, 15) is 9.59 Å². The fourth-order valence-corrected chi connectivity index (χ4v) is 1.28. The normalized spacial score (nSPS) is 10.9. The number of carboxylic acids is 1. The molecule has 1 aromatic rings. The standard InChI is InChI=1S/C13H17NO3/c1-13(2,12(16)17)11(15)14-9-8-10-6-4-3-5-7-10/h3-7H,8-9H2,1-2H3,(H,14,15)(H,16,17). The van der Waals surface area contributed by atoms with Gasteiger partial charge in [-0.25, -0.2) is 0 Å². The summed E-state index contributed by atoms with van der Waals surface area (Å²) in [6.07, 6.45) is 0.697. The highest BCUT2D eigenvalue weighted by molar-refractivity contribution is 6.00. The van der Waals surface area contributed by atoms with E-state index in [-0.39, 0.29) is 0 Å². The molecule has 0 aromatic heterocycles. The summed E-state index contributed by atoms with van der Waals surface area (Å²) in [6.45, 7) is 3.24. The lowest BCUT2D eigenvalue weighted by Crippen LogP contribution is -2.42. The second-order valence-electron chi connectivity index (χ2n) is 4.42. The maximum Gasteiger partial charge on any atom is 0.318 e. The fraction of sp³-hybridized carbons (Fsp3) is 0.385. The number of benzene rings is 1. The van der Waals surface area contributed by atoms with Crippen molar-refractivity contribution in [1.82, 2.24) is 5.32 Å². The number of hydrogen-bond acceptors (Lipinski definition) is 2. The van der Waals surface area contributed by atoms with E-state index in [1.165, 1.54) is 13.8 Å². The van der Waals surface area contributed by atoms with Crippen LogP contribution in [-0.4, -0.2) is 23.5 Å². The molecule has 17 heavy (non-hydrogen) atoms. The molecule has 1 amide bonds. The van der Waals surface area contributed by atoms with E-state index < -0.39 is 17.3 Å². The summed E-state index contributed by atoms with van der Waals surface area (Å²) in [7, 11) is 0. The number of nitrogens with one attached hydrogen (secondary N) is 1. The second kappa shape index (κ2) is 5.48. The van der Waals surface area contributed by atoms with Gasteiger partial charge in [0.05, 0.1) is 0 Å². The van der Waals surface area contributed by atoms with Crippen LogP contribution in [-0.2, 0) is 16.0 Å². The minimum atomic E-state index is -1.38. The van der Waals surface area contributed by atoms with Crippen LogP contribution in [0.3, 0.4) is 0 Å². The van der Waals surface area contributed by atoms with E-state index in [2.05, 4.69) is 5.32 Å². The molecule has 0 fully saturated rings. The molecule has 0 heterocycles. The highest BCUT2D eigenvalue weighted by Crippen LogP contribution is 2.14. The van der Waals surface area contributed by atoms with Crippen LogP contribution in [0.2, 0.25) is 0 Å². The van der Waals surface area contributed by atoms with Crippen LogP contribution in [0, 0.1) is 5.41 Å². The third kappa shape index (κ3) is 3.59. The lowest BCUT2D eigenvalue weighted by atomic mass is 9.92. The minimum absolute atomic E-state index is 0.444. The Morgan fingerprint density at radius 1 is 1.24 bits per heavy atom. The van der Waals surface area contributed by atoms with Crippen LogP contribution in [0.5, 0.6) is 0 Å². The number of carboxylic acid groups (broad SMARTS) is 1. The number of carbonyl (C=O) groups is 2. The summed E-state index contributed by atoms with van der Waals surface area (Å²) in [5.74, 6) is -1.57. The van der Waals surface area contributed by atoms with Gasteiger partial charge in [0.25, 0.3) is 0 Å². The summed E-state index contributed by atoms with van der Waals surface area (Å²) in [6, 6.07) is 9.72. The maximum atomic E-state index is 11.6. The molecule has 0 aliphatic carbocycles. The van der Waals surface area contributed by atoms with Crippen molar-refractivity contribution in [2.24, 2.45) is 5.41 Å². The van der Waals surface area contributed by atoms with Gasteiger partial charge in [0.2, 0.25) is 5.91 Å². The number of aliphatic carboxylic acids is 1. The Bertz CT molecular complexity index is 398. The second-order valence-corrected chi connectivity index (χ2v) is 4.42. The van der Waals surface area contributed by atoms with Gasteiger partial charge in [-0.05, 0) is 25.8 Å². The van der Waals surface area contributed by atoms with E-state index >= 15 is 0 Å². The lowest BCUT2D eigenvalue weighted by molar-refractivity contribution is -0.153. The fourth-order valence-electron chi connectivity index (χ4n) is 1.28. The molecule has 0 saturated heterocycles. The van der Waals surface area contributed by atoms with Crippen LogP contribution in [0.1, 0.15) is 19.4 Å². The van der Waals surface area contributed by atoms with Crippen molar-refractivity contribution in [1.29, 1.82) is 0 Å². The third-order valence-corrected chi connectivity index (χ3v) is 2.64. The molecule has 0 saturated carbocycles. The molecule has 4 nitrogen and oxygen atoms in total. The van der Waals surface area contributed by atoms with Gasteiger partial charge in [-0.3, -0.25) is 9.59 Å². The zero-order valence-electron chi connectivity index (χ0n) is 10.1. The predicted octanol–water partition coefficient (Wildman–Crippen LogP) is 1.46. The molecule has 0 bridgehead atoms. The van der Waals surface area contributed by atoms with Gasteiger partial charge in [0, 0.05) is 6.54 Å². The van der Waals surface area contributed by atoms with E-state index in [4.69, 9.17) is 5.11 Å². The summed E-state index contributed by atoms with van der Waals surface area (Å²) in [5, 5.41) is 11.5. The summed E-state index contributed by atoms with van der Waals surface area (Å²) >= 11 is 0. The molecule has 1 rings (SSSR count). The number of rotatable bonds is 5. The zero-order valence-corrected chi connectivity index (χ0v) is 10.1. The molecule has 0 atom stereocenters. The first-order valence-electron chi connectivity index (χ1n) is 5.50. The largest absolute Gasteiger partial charge is 0.480 e. The SMILES string of the molecule is CC(C)(C(=O)O)C(=O)NCCc1ccccc1. The molecule has 1 aromatic carbocycles. The van der Waals surface area contributed by atoms with Gasteiger partial charge < -0.3 is 10.4 Å². The van der Waals surface area contributed by atoms with Crippen molar-refractivity contribution >= 4 is 11.9 Å². The number of hydrogen-bond donors (Lipinski definition) is 2. The maximum absolute atomic E-state index is 11.6. The first kappa shape index (κ1) is 13.2. The average Bonchev–Trinajstić information content (AvgIpc) is 2.30. The molecular formula is C13H17NO3. The predicted molar refractivity (Wildman–Crippen MR) is 64.6 cm³/mol. The molecule has 0 spiro atoms. The molecule has 2 N–H and O–H groups in total. The van der Waals surface area contributed by atoms with Crippen LogP contribution < -0.4 is 5.32 Å². The van der Waals surface area contributed by atoms with E-state index in [1.807, 2.05) is 30.3 Å². The van der Waals surface area contributed by atoms with Crippen LogP contribution in [0.15, 0.2) is 30.3 Å². The van der Waals surface area contributed by atoms with Gasteiger partial charge in [0.15, 0.2) is 0 Å². The molecule has 92 valence electrons. The first-order valence-corrected chi connectivity index (χ1v) is 5.50. The molecule has 0 aliphatic rings. The van der Waals surface area contributed by atoms with Crippen molar-refractivity contribution in [2.75, 3.05) is 6.54 Å². The summed E-state index contributed by atoms with van der Waals surface area (Å²) in [4.78, 5) is 22.4. The topological polar surface area (TPSA) is 66.4 Å². The van der Waals surface area contributed by atoms with Crippen molar-refractivity contribution in [3.8, 4) is 0 Å². The van der Waals surface area contributed by atoms with Crippen LogP contribution >= 0.6 is 0 Å². The summed E-state index contributed by atoms with van der Waals surface area (Å²) in [5.41, 5.74) is -0.266. The Morgan fingerprint density at radius 3 is 2.35 bits per heavy atom. The van der Waals surface area contributed by atoms with E-state index in [1.54, 1.807) is 0 Å². The van der Waals surface area contributed by atoms with Gasteiger partial charge in [-0.1, -0.05) is 30.3 Å². The Hall–Kier alpha value is -1.84. The van der Waals surface area contributed by atoms with Crippen molar-refractivity contribution < 1.29 is 14.7 Å². The molecule has 0 aliphatic heterocycles. The zero-order chi connectivity index (χ0) is 12.9. The number of carbonyl (C=O) groups excluding carboxylic acids is 1. The summed E-state index contributed by atoms with van der Waals surface area (Å²) < 4.78 is 0. The van der Waals surface area contributed by atoms with Crippen LogP contribution in [0.25, 0.3) is 0 Å². The Labute approximate surface area is 101 Å². The van der Waals surface area contributed by atoms with Gasteiger partial charge >= 0.3 is 5.97 Å². The van der Waals surface area contributed by atoms with Crippen LogP contribution in [0.4, 0.5) is 0 Å². The Balaban J connectivity index is 2.42. The van der Waals surface area contributed by atoms with Crippen molar-refractivity contribution in [3.05, 3.63) is 35.9 Å². The molecular weight excluding hydrogens is 218 g/mol. The van der Waals surface area contributed by atoms with Crippen molar-refractivity contribution in [2.45, 2.75) is 20.3 Å². The quantitative estimate of drug-likeness (QED) is 0.759. The lowest BCUT2D eigenvalue weighted by Gasteiger charge is -2.18. The molecule has 0 radical (unpaired) electrons. The average molecular weight is 235 g/mol. The molecule has 0 unspecified atom stereocenters. The highest BCUT2D eigenvalue weighted by atomic mass is 16.4. The highest BCUT2D eigenvalue weighted by Gasteiger charge is 2.35. The van der Waals surface area contributed by atoms with Gasteiger partial charge in [-0.2, -0.15) is 0 Å². The smallest absolute Gasteiger partial charge is 0.318 e. The van der Waals surface area contributed by atoms with E-state index in [0.29, 0.717) is 13.0 Å². The number of amides is 1. The Kier molecular flexibility index (Phi) is 4.26. The first-order chi connectivity index (χ1) is 7.94.